The molecule has 1 aromatic carbocycles. The summed E-state index contributed by atoms with van der Waals surface area (Å²) >= 11 is 3.28. The molecule has 0 radical (unpaired) electrons. The maximum absolute atomic E-state index is 12.6. The van der Waals surface area contributed by atoms with Crippen LogP contribution in [0, 0.1) is 0 Å². The maximum Gasteiger partial charge on any atom is 0.267 e. The van der Waals surface area contributed by atoms with E-state index in [-0.39, 0.29) is 22.3 Å². The van der Waals surface area contributed by atoms with Gasteiger partial charge in [0.25, 0.3) is 11.8 Å². The highest BCUT2D eigenvalue weighted by Crippen LogP contribution is 2.22. The van der Waals surface area contributed by atoms with E-state index in [4.69, 9.17) is 4.74 Å². The van der Waals surface area contributed by atoms with Gasteiger partial charge in [0, 0.05) is 27.5 Å². The van der Waals surface area contributed by atoms with E-state index in [9.17, 15) is 9.59 Å². The molecule has 7 heteroatoms. The van der Waals surface area contributed by atoms with Crippen LogP contribution in [0.15, 0.2) is 47.5 Å². The minimum Gasteiger partial charge on any atom is -0.497 e. The van der Waals surface area contributed by atoms with Crippen molar-refractivity contribution in [1.82, 2.24) is 10.6 Å². The van der Waals surface area contributed by atoms with Crippen molar-refractivity contribution in [2.75, 3.05) is 19.4 Å². The van der Waals surface area contributed by atoms with Gasteiger partial charge in [-0.15, -0.1) is 11.3 Å². The number of benzene rings is 1. The van der Waals surface area contributed by atoms with Gasteiger partial charge in [-0.2, -0.15) is 11.8 Å². The Morgan fingerprint density at radius 1 is 1.18 bits per heavy atom. The average Bonchev–Trinajstić information content (AvgIpc) is 3.17. The normalized spacial score (nSPS) is 11.8. The first kappa shape index (κ1) is 22.0. The zero-order chi connectivity index (χ0) is 20.6. The third-order valence-electron chi connectivity index (χ3n) is 3.60. The molecule has 0 aliphatic carbocycles. The molecule has 150 valence electrons. The van der Waals surface area contributed by atoms with Gasteiger partial charge in [0.1, 0.15) is 11.4 Å². The number of carbonyl (C=O) groups is 2. The summed E-state index contributed by atoms with van der Waals surface area (Å²) in [5.74, 6) is 0.822. The number of ether oxygens (including phenoxy) is 1. The second-order valence-corrected chi connectivity index (χ2v) is 9.87. The molecule has 2 rings (SSSR count). The summed E-state index contributed by atoms with van der Waals surface area (Å²) in [4.78, 5) is 26.1. The first-order valence-electron chi connectivity index (χ1n) is 8.91. The van der Waals surface area contributed by atoms with Crippen molar-refractivity contribution >= 4 is 41.0 Å². The molecule has 2 amide bonds. The highest BCUT2D eigenvalue weighted by Gasteiger charge is 2.16. The average molecular weight is 419 g/mol. The highest BCUT2D eigenvalue weighted by atomic mass is 32.2. The Balaban J connectivity index is 2.06. The third kappa shape index (κ3) is 7.40. The second kappa shape index (κ2) is 10.3. The fraction of sp³-hybridized carbons (Fsp3) is 0.333. The summed E-state index contributed by atoms with van der Waals surface area (Å²) in [6.45, 7) is 6.94. The summed E-state index contributed by atoms with van der Waals surface area (Å²) in [5, 5.41) is 7.54. The van der Waals surface area contributed by atoms with Crippen molar-refractivity contribution in [3.63, 3.8) is 0 Å². The smallest absolute Gasteiger partial charge is 0.267 e. The van der Waals surface area contributed by atoms with Crippen LogP contribution < -0.4 is 15.4 Å². The lowest BCUT2D eigenvalue weighted by Gasteiger charge is -2.17. The topological polar surface area (TPSA) is 67.4 Å². The third-order valence-corrected chi connectivity index (χ3v) is 5.69. The van der Waals surface area contributed by atoms with E-state index in [1.807, 2.05) is 17.5 Å². The molecule has 0 bridgehead atoms. The van der Waals surface area contributed by atoms with Gasteiger partial charge in [-0.25, -0.2) is 0 Å². The van der Waals surface area contributed by atoms with E-state index >= 15 is 0 Å². The van der Waals surface area contributed by atoms with E-state index in [0.717, 1.165) is 10.6 Å². The first-order chi connectivity index (χ1) is 13.3. The van der Waals surface area contributed by atoms with Gasteiger partial charge in [-0.3, -0.25) is 9.59 Å². The number of thiophene rings is 1. The van der Waals surface area contributed by atoms with E-state index in [2.05, 4.69) is 31.4 Å². The van der Waals surface area contributed by atoms with Gasteiger partial charge < -0.3 is 15.4 Å². The van der Waals surface area contributed by atoms with Crippen molar-refractivity contribution in [2.24, 2.45) is 0 Å². The molecule has 0 atom stereocenters. The van der Waals surface area contributed by atoms with Crippen molar-refractivity contribution in [1.29, 1.82) is 0 Å². The van der Waals surface area contributed by atoms with Crippen LogP contribution in [0.2, 0.25) is 0 Å². The predicted molar refractivity (Wildman–Crippen MR) is 118 cm³/mol. The molecule has 1 aromatic heterocycles. The van der Waals surface area contributed by atoms with Crippen molar-refractivity contribution in [3.05, 3.63) is 57.9 Å². The minimum absolute atomic E-state index is 0.142. The zero-order valence-corrected chi connectivity index (χ0v) is 18.2. The minimum atomic E-state index is -0.343. The van der Waals surface area contributed by atoms with Crippen LogP contribution in [0.1, 0.15) is 36.0 Å². The first-order valence-corrected chi connectivity index (χ1v) is 10.8. The molecule has 0 aliphatic heterocycles. The Morgan fingerprint density at radius 2 is 1.89 bits per heavy atom. The van der Waals surface area contributed by atoms with Crippen molar-refractivity contribution in [2.45, 2.75) is 25.5 Å². The fourth-order valence-corrected chi connectivity index (χ4v) is 3.70. The van der Waals surface area contributed by atoms with Gasteiger partial charge >= 0.3 is 0 Å². The van der Waals surface area contributed by atoms with Crippen molar-refractivity contribution < 1.29 is 14.3 Å². The second-order valence-electron chi connectivity index (χ2n) is 6.97. The SMILES string of the molecule is COc1ccc(C(=O)N/C(=C\c2cccs2)C(=O)NCCSC(C)(C)C)cc1. The number of carbonyl (C=O) groups excluding carboxylic acids is 2. The van der Waals surface area contributed by atoms with E-state index in [1.165, 1.54) is 11.3 Å². The number of hydrogen-bond donors (Lipinski definition) is 2. The Labute approximate surface area is 174 Å². The summed E-state index contributed by atoms with van der Waals surface area (Å²) in [6.07, 6.45) is 1.69. The molecule has 5 nitrogen and oxygen atoms in total. The van der Waals surface area contributed by atoms with Gasteiger partial charge in [-0.05, 0) is 41.8 Å². The number of rotatable bonds is 8. The van der Waals surface area contributed by atoms with Crippen LogP contribution >= 0.6 is 23.1 Å². The van der Waals surface area contributed by atoms with E-state index in [0.29, 0.717) is 17.9 Å². The summed E-state index contributed by atoms with van der Waals surface area (Å²) in [6, 6.07) is 10.5. The largest absolute Gasteiger partial charge is 0.497 e. The van der Waals surface area contributed by atoms with Gasteiger partial charge in [0.15, 0.2) is 0 Å². The lowest BCUT2D eigenvalue weighted by molar-refractivity contribution is -0.117. The number of methoxy groups -OCH3 is 1. The van der Waals surface area contributed by atoms with Gasteiger partial charge in [0.05, 0.1) is 7.11 Å². The number of amides is 2. The molecule has 28 heavy (non-hydrogen) atoms. The summed E-state index contributed by atoms with van der Waals surface area (Å²) in [7, 11) is 1.57. The molecule has 0 spiro atoms. The van der Waals surface area contributed by atoms with Crippen LogP contribution in [-0.2, 0) is 4.79 Å². The van der Waals surface area contributed by atoms with Gasteiger partial charge in [-0.1, -0.05) is 26.8 Å². The number of nitrogens with one attached hydrogen (secondary N) is 2. The zero-order valence-electron chi connectivity index (χ0n) is 16.6. The lowest BCUT2D eigenvalue weighted by Crippen LogP contribution is -2.36. The van der Waals surface area contributed by atoms with Crippen molar-refractivity contribution in [3.8, 4) is 5.75 Å². The van der Waals surface area contributed by atoms with Gasteiger partial charge in [0.2, 0.25) is 0 Å². The maximum atomic E-state index is 12.6. The molecule has 1 heterocycles. The molecular weight excluding hydrogens is 392 g/mol. The van der Waals surface area contributed by atoms with Crippen LogP contribution in [0.5, 0.6) is 5.75 Å². The lowest BCUT2D eigenvalue weighted by atomic mass is 10.2. The standard InChI is InChI=1S/C21H26N2O3S2/c1-21(2,3)28-13-11-22-20(25)18(14-17-6-5-12-27-17)23-19(24)15-7-9-16(26-4)10-8-15/h5-10,12,14H,11,13H2,1-4H3,(H,22,25)(H,23,24)/b18-14-. The molecule has 0 unspecified atom stereocenters. The van der Waals surface area contributed by atoms with Crippen LogP contribution in [0.3, 0.4) is 0 Å². The van der Waals surface area contributed by atoms with Crippen LogP contribution in [0.4, 0.5) is 0 Å². The highest BCUT2D eigenvalue weighted by molar-refractivity contribution is 8.00. The monoisotopic (exact) mass is 418 g/mol. The number of thioether (sulfide) groups is 1. The molecule has 0 saturated carbocycles. The van der Waals surface area contributed by atoms with E-state index in [1.54, 1.807) is 49.2 Å². The summed E-state index contributed by atoms with van der Waals surface area (Å²) in [5.41, 5.74) is 0.679. The van der Waals surface area contributed by atoms with E-state index < -0.39 is 0 Å². The molecule has 2 N–H and O–H groups in total. The Kier molecular flexibility index (Phi) is 8.14. The Bertz CT molecular complexity index is 807. The Morgan fingerprint density at radius 3 is 2.46 bits per heavy atom. The molecule has 0 saturated heterocycles. The molecule has 0 fully saturated rings. The Hall–Kier alpha value is -2.25. The van der Waals surface area contributed by atoms with Crippen LogP contribution in [-0.4, -0.2) is 36.0 Å². The number of hydrogen-bond acceptors (Lipinski definition) is 5. The summed E-state index contributed by atoms with van der Waals surface area (Å²) < 4.78 is 5.25. The fourth-order valence-electron chi connectivity index (χ4n) is 2.23. The molecular formula is C21H26N2O3S2. The molecule has 0 aliphatic rings. The predicted octanol–water partition coefficient (Wildman–Crippen LogP) is 4.18. The van der Waals surface area contributed by atoms with Crippen LogP contribution in [0.25, 0.3) is 6.08 Å². The quantitative estimate of drug-likeness (QED) is 0.499. The molecule has 2 aromatic rings.